The molecule has 1 aromatic carbocycles. The van der Waals surface area contributed by atoms with Gasteiger partial charge in [0.25, 0.3) is 0 Å². The monoisotopic (exact) mass is 386 g/mol. The van der Waals surface area contributed by atoms with Crippen molar-refractivity contribution in [3.8, 4) is 0 Å². The zero-order valence-electron chi connectivity index (χ0n) is 14.9. The lowest BCUT2D eigenvalue weighted by Gasteiger charge is -2.34. The van der Waals surface area contributed by atoms with Crippen molar-refractivity contribution in [3.05, 3.63) is 29.3 Å². The van der Waals surface area contributed by atoms with Gasteiger partial charge in [0.15, 0.2) is 0 Å². The Hall–Kier alpha value is -1.11. The Labute approximate surface area is 156 Å². The fraction of sp³-hybridized carbons (Fsp3) is 0.611. The molecule has 0 saturated heterocycles. The Balaban J connectivity index is 2.32. The minimum Gasteiger partial charge on any atom is -0.342 e. The van der Waals surface area contributed by atoms with E-state index in [4.69, 9.17) is 11.6 Å². The van der Waals surface area contributed by atoms with Crippen LogP contribution < -0.4 is 0 Å². The Morgan fingerprint density at radius 2 is 1.64 bits per heavy atom. The van der Waals surface area contributed by atoms with Gasteiger partial charge in [0, 0.05) is 24.2 Å². The summed E-state index contributed by atoms with van der Waals surface area (Å²) in [5.41, 5.74) is 0. The van der Waals surface area contributed by atoms with Gasteiger partial charge < -0.3 is 4.90 Å². The van der Waals surface area contributed by atoms with E-state index in [0.29, 0.717) is 18.1 Å². The quantitative estimate of drug-likeness (QED) is 0.720. The number of sulfonamides is 1. The molecule has 1 amide bonds. The molecule has 1 saturated carbocycles. The minimum absolute atomic E-state index is 0.0999. The highest BCUT2D eigenvalue weighted by atomic mass is 35.5. The molecule has 1 aliphatic rings. The van der Waals surface area contributed by atoms with Gasteiger partial charge in [-0.25, -0.2) is 8.42 Å². The van der Waals surface area contributed by atoms with Crippen molar-refractivity contribution in [2.75, 3.05) is 19.6 Å². The van der Waals surface area contributed by atoms with Crippen molar-refractivity contribution in [2.45, 2.75) is 56.9 Å². The van der Waals surface area contributed by atoms with Crippen molar-refractivity contribution in [1.82, 2.24) is 9.21 Å². The Morgan fingerprint density at radius 3 is 2.16 bits per heavy atom. The van der Waals surface area contributed by atoms with Crippen molar-refractivity contribution >= 4 is 27.5 Å². The normalized spacial score (nSPS) is 16.2. The summed E-state index contributed by atoms with van der Waals surface area (Å²) < 4.78 is 27.8. The van der Waals surface area contributed by atoms with Gasteiger partial charge in [-0.1, -0.05) is 30.9 Å². The third-order valence-corrected chi connectivity index (χ3v) is 6.97. The first kappa shape index (κ1) is 20.2. The van der Waals surface area contributed by atoms with E-state index in [1.165, 1.54) is 16.4 Å². The summed E-state index contributed by atoms with van der Waals surface area (Å²) in [6, 6.07) is 6.04. The number of carbonyl (C=O) groups is 1. The standard InChI is InChI=1S/C18H27ClN2O3S/c1-3-20(4-2)18(22)14-21(16-8-6-5-7-9-16)25(23,24)17-12-10-15(19)11-13-17/h10-13,16H,3-9,14H2,1-2H3. The molecule has 25 heavy (non-hydrogen) atoms. The first-order valence-electron chi connectivity index (χ1n) is 8.95. The Bertz CT molecular complexity index is 666. The number of hydrogen-bond donors (Lipinski definition) is 0. The van der Waals surface area contributed by atoms with Crippen LogP contribution in [0.1, 0.15) is 46.0 Å². The molecule has 0 radical (unpaired) electrons. The molecule has 2 rings (SSSR count). The fourth-order valence-electron chi connectivity index (χ4n) is 3.33. The predicted octanol–water partition coefficient (Wildman–Crippen LogP) is 3.53. The second-order valence-electron chi connectivity index (χ2n) is 6.36. The number of rotatable bonds is 7. The molecule has 0 aliphatic heterocycles. The largest absolute Gasteiger partial charge is 0.342 e. The molecule has 0 N–H and O–H groups in total. The summed E-state index contributed by atoms with van der Waals surface area (Å²) in [5, 5.41) is 0.488. The highest BCUT2D eigenvalue weighted by Gasteiger charge is 2.34. The molecule has 5 nitrogen and oxygen atoms in total. The van der Waals surface area contributed by atoms with E-state index in [1.54, 1.807) is 17.0 Å². The van der Waals surface area contributed by atoms with E-state index < -0.39 is 10.0 Å². The Morgan fingerprint density at radius 1 is 1.08 bits per heavy atom. The van der Waals surface area contributed by atoms with Gasteiger partial charge >= 0.3 is 0 Å². The van der Waals surface area contributed by atoms with Crippen LogP contribution in [0.5, 0.6) is 0 Å². The van der Waals surface area contributed by atoms with E-state index in [2.05, 4.69) is 0 Å². The van der Waals surface area contributed by atoms with Crippen LogP contribution in [0.25, 0.3) is 0 Å². The summed E-state index contributed by atoms with van der Waals surface area (Å²) >= 11 is 5.88. The number of amides is 1. The zero-order chi connectivity index (χ0) is 18.4. The predicted molar refractivity (Wildman–Crippen MR) is 100 cm³/mol. The van der Waals surface area contributed by atoms with Crippen molar-refractivity contribution in [2.24, 2.45) is 0 Å². The molecular formula is C18H27ClN2O3S. The van der Waals surface area contributed by atoms with Gasteiger partial charge in [-0.05, 0) is 51.0 Å². The fourth-order valence-corrected chi connectivity index (χ4v) is 5.09. The molecule has 0 spiro atoms. The molecule has 0 atom stereocenters. The third-order valence-electron chi connectivity index (χ3n) is 4.81. The van der Waals surface area contributed by atoms with Crippen LogP contribution in [-0.4, -0.2) is 49.2 Å². The van der Waals surface area contributed by atoms with Crippen LogP contribution in [0.3, 0.4) is 0 Å². The van der Waals surface area contributed by atoms with E-state index >= 15 is 0 Å². The first-order chi connectivity index (χ1) is 11.9. The molecular weight excluding hydrogens is 360 g/mol. The number of carbonyl (C=O) groups excluding carboxylic acids is 1. The topological polar surface area (TPSA) is 57.7 Å². The van der Waals surface area contributed by atoms with Crippen molar-refractivity contribution < 1.29 is 13.2 Å². The van der Waals surface area contributed by atoms with Gasteiger partial charge in [0.05, 0.1) is 11.4 Å². The van der Waals surface area contributed by atoms with Crippen LogP contribution in [0.15, 0.2) is 29.2 Å². The minimum atomic E-state index is -3.74. The molecule has 0 bridgehead atoms. The number of hydrogen-bond acceptors (Lipinski definition) is 3. The maximum atomic E-state index is 13.2. The second kappa shape index (κ2) is 9.01. The molecule has 1 aliphatic carbocycles. The van der Waals surface area contributed by atoms with Crippen LogP contribution in [0.4, 0.5) is 0 Å². The maximum absolute atomic E-state index is 13.2. The molecule has 0 aromatic heterocycles. The number of halogens is 1. The molecule has 0 unspecified atom stereocenters. The van der Waals surface area contributed by atoms with Gasteiger partial charge in [-0.15, -0.1) is 0 Å². The van der Waals surface area contributed by atoms with Crippen molar-refractivity contribution in [1.29, 1.82) is 0 Å². The summed E-state index contributed by atoms with van der Waals surface area (Å²) in [6.45, 7) is 4.86. The second-order valence-corrected chi connectivity index (χ2v) is 8.69. The molecule has 140 valence electrons. The number of likely N-dealkylation sites (N-methyl/N-ethyl adjacent to an activating group) is 1. The summed E-state index contributed by atoms with van der Waals surface area (Å²) in [5.74, 6) is -0.145. The van der Waals surface area contributed by atoms with Gasteiger partial charge in [0.2, 0.25) is 15.9 Å². The highest BCUT2D eigenvalue weighted by Crippen LogP contribution is 2.28. The van der Waals surface area contributed by atoms with Crippen molar-refractivity contribution in [3.63, 3.8) is 0 Å². The van der Waals surface area contributed by atoms with Crippen LogP contribution >= 0.6 is 11.6 Å². The lowest BCUT2D eigenvalue weighted by atomic mass is 9.95. The lowest BCUT2D eigenvalue weighted by molar-refractivity contribution is -0.131. The SMILES string of the molecule is CCN(CC)C(=O)CN(C1CCCCC1)S(=O)(=O)c1ccc(Cl)cc1. The lowest BCUT2D eigenvalue weighted by Crippen LogP contribution is -2.48. The highest BCUT2D eigenvalue weighted by molar-refractivity contribution is 7.89. The average molecular weight is 387 g/mol. The summed E-state index contributed by atoms with van der Waals surface area (Å²) in [4.78, 5) is 14.5. The Kier molecular flexibility index (Phi) is 7.28. The zero-order valence-corrected chi connectivity index (χ0v) is 16.5. The van der Waals surface area contributed by atoms with Crippen LogP contribution in [0.2, 0.25) is 5.02 Å². The van der Waals surface area contributed by atoms with E-state index in [1.807, 2.05) is 13.8 Å². The third kappa shape index (κ3) is 4.96. The van der Waals surface area contributed by atoms with Gasteiger partial charge in [-0.2, -0.15) is 4.31 Å². The summed E-state index contributed by atoms with van der Waals surface area (Å²) in [7, 11) is -3.74. The number of benzene rings is 1. The van der Waals surface area contributed by atoms with E-state index in [0.717, 1.165) is 32.1 Å². The number of nitrogens with zero attached hydrogens (tertiary/aromatic N) is 2. The van der Waals surface area contributed by atoms with Crippen LogP contribution in [-0.2, 0) is 14.8 Å². The molecule has 0 heterocycles. The molecule has 1 aromatic rings. The smallest absolute Gasteiger partial charge is 0.243 e. The molecule has 7 heteroatoms. The maximum Gasteiger partial charge on any atom is 0.243 e. The van der Waals surface area contributed by atoms with Gasteiger partial charge in [0.1, 0.15) is 0 Å². The molecule has 1 fully saturated rings. The van der Waals surface area contributed by atoms with E-state index in [9.17, 15) is 13.2 Å². The van der Waals surface area contributed by atoms with Gasteiger partial charge in [-0.3, -0.25) is 4.79 Å². The van der Waals surface area contributed by atoms with Crippen LogP contribution in [0, 0.1) is 0 Å². The van der Waals surface area contributed by atoms with E-state index in [-0.39, 0.29) is 23.4 Å². The average Bonchev–Trinajstić information content (AvgIpc) is 2.61. The summed E-state index contributed by atoms with van der Waals surface area (Å²) in [6.07, 6.45) is 4.72. The first-order valence-corrected chi connectivity index (χ1v) is 10.8.